The van der Waals surface area contributed by atoms with Crippen LogP contribution in [0.1, 0.15) is 21.7 Å². The third-order valence-electron chi connectivity index (χ3n) is 2.52. The number of carbonyl (C=O) groups excluding carboxylic acids is 1. The lowest BCUT2D eigenvalue weighted by Gasteiger charge is -2.03. The van der Waals surface area contributed by atoms with Gasteiger partial charge < -0.3 is 14.8 Å². The minimum absolute atomic E-state index is 0.170. The van der Waals surface area contributed by atoms with Gasteiger partial charge >= 0.3 is 0 Å². The van der Waals surface area contributed by atoms with E-state index in [4.69, 9.17) is 9.52 Å². The van der Waals surface area contributed by atoms with E-state index < -0.39 is 0 Å². The van der Waals surface area contributed by atoms with Gasteiger partial charge in [-0.1, -0.05) is 11.8 Å². The second kappa shape index (κ2) is 5.89. The lowest BCUT2D eigenvalue weighted by Crippen LogP contribution is -2.11. The van der Waals surface area contributed by atoms with Crippen LogP contribution in [0.3, 0.4) is 0 Å². The molecule has 0 saturated carbocycles. The van der Waals surface area contributed by atoms with Gasteiger partial charge in [-0.3, -0.25) is 4.79 Å². The SMILES string of the molecule is Cc1ccoc1C(=O)Nc1ccc(C#CCO)cc1. The fourth-order valence-electron chi connectivity index (χ4n) is 1.57. The summed E-state index contributed by atoms with van der Waals surface area (Å²) >= 11 is 0. The number of hydrogen-bond acceptors (Lipinski definition) is 3. The van der Waals surface area contributed by atoms with Crippen LogP contribution < -0.4 is 5.32 Å². The van der Waals surface area contributed by atoms with E-state index in [0.29, 0.717) is 11.4 Å². The first-order valence-electron chi connectivity index (χ1n) is 5.76. The second-order valence-corrected chi connectivity index (χ2v) is 3.92. The summed E-state index contributed by atoms with van der Waals surface area (Å²) < 4.78 is 5.11. The summed E-state index contributed by atoms with van der Waals surface area (Å²) in [4.78, 5) is 11.9. The average molecular weight is 255 g/mol. The fraction of sp³-hybridized carbons (Fsp3) is 0.133. The minimum Gasteiger partial charge on any atom is -0.459 e. The van der Waals surface area contributed by atoms with E-state index in [-0.39, 0.29) is 12.5 Å². The van der Waals surface area contributed by atoms with E-state index in [1.807, 2.05) is 6.92 Å². The molecule has 1 aromatic heterocycles. The number of amides is 1. The number of hydrogen-bond donors (Lipinski definition) is 2. The van der Waals surface area contributed by atoms with Crippen molar-refractivity contribution in [3.8, 4) is 11.8 Å². The first kappa shape index (κ1) is 12.9. The van der Waals surface area contributed by atoms with Crippen LogP contribution in [0.15, 0.2) is 41.0 Å². The quantitative estimate of drug-likeness (QED) is 0.808. The van der Waals surface area contributed by atoms with Crippen LogP contribution >= 0.6 is 0 Å². The molecular weight excluding hydrogens is 242 g/mol. The lowest BCUT2D eigenvalue weighted by molar-refractivity contribution is 0.0996. The number of aryl methyl sites for hydroxylation is 1. The highest BCUT2D eigenvalue weighted by atomic mass is 16.3. The zero-order chi connectivity index (χ0) is 13.7. The highest BCUT2D eigenvalue weighted by Gasteiger charge is 2.12. The zero-order valence-electron chi connectivity index (χ0n) is 10.4. The van der Waals surface area contributed by atoms with Gasteiger partial charge in [-0.2, -0.15) is 0 Å². The molecule has 0 bridgehead atoms. The van der Waals surface area contributed by atoms with Crippen LogP contribution in [0.25, 0.3) is 0 Å². The summed E-state index contributed by atoms with van der Waals surface area (Å²) in [6.07, 6.45) is 1.48. The Kier molecular flexibility index (Phi) is 4.01. The third-order valence-corrected chi connectivity index (χ3v) is 2.52. The van der Waals surface area contributed by atoms with E-state index in [2.05, 4.69) is 17.2 Å². The van der Waals surface area contributed by atoms with Crippen molar-refractivity contribution in [3.05, 3.63) is 53.5 Å². The number of anilines is 1. The molecule has 19 heavy (non-hydrogen) atoms. The van der Waals surface area contributed by atoms with Gasteiger partial charge in [0.1, 0.15) is 6.61 Å². The summed E-state index contributed by atoms with van der Waals surface area (Å²) in [5, 5.41) is 11.3. The van der Waals surface area contributed by atoms with Crippen LogP contribution in [0, 0.1) is 18.8 Å². The number of aliphatic hydroxyl groups is 1. The Morgan fingerprint density at radius 2 is 2.05 bits per heavy atom. The van der Waals surface area contributed by atoms with Gasteiger partial charge in [-0.05, 0) is 37.3 Å². The van der Waals surface area contributed by atoms with Gasteiger partial charge in [0.15, 0.2) is 5.76 Å². The molecule has 4 heteroatoms. The minimum atomic E-state index is -0.281. The number of nitrogens with one attached hydrogen (secondary N) is 1. The molecule has 0 radical (unpaired) electrons. The molecule has 1 heterocycles. The maximum Gasteiger partial charge on any atom is 0.291 e. The molecule has 0 unspecified atom stereocenters. The van der Waals surface area contributed by atoms with Gasteiger partial charge in [0.25, 0.3) is 5.91 Å². The molecule has 0 fully saturated rings. The van der Waals surface area contributed by atoms with Crippen molar-refractivity contribution in [3.63, 3.8) is 0 Å². The van der Waals surface area contributed by atoms with Crippen molar-refractivity contribution in [1.82, 2.24) is 0 Å². The topological polar surface area (TPSA) is 62.5 Å². The molecule has 0 saturated heterocycles. The van der Waals surface area contributed by atoms with E-state index in [1.54, 1.807) is 30.3 Å². The predicted molar refractivity (Wildman–Crippen MR) is 71.8 cm³/mol. The normalized spacial score (nSPS) is 9.58. The Bertz CT molecular complexity index is 629. The Labute approximate surface area is 111 Å². The van der Waals surface area contributed by atoms with E-state index in [0.717, 1.165) is 11.1 Å². The number of furan rings is 1. The van der Waals surface area contributed by atoms with Crippen molar-refractivity contribution in [2.45, 2.75) is 6.92 Å². The molecule has 2 aromatic rings. The summed E-state index contributed by atoms with van der Waals surface area (Å²) in [5.41, 5.74) is 2.24. The summed E-state index contributed by atoms with van der Waals surface area (Å²) in [6.45, 7) is 1.64. The fourth-order valence-corrected chi connectivity index (χ4v) is 1.57. The number of aliphatic hydroxyl groups excluding tert-OH is 1. The van der Waals surface area contributed by atoms with Gasteiger partial charge in [-0.15, -0.1) is 0 Å². The molecule has 0 spiro atoms. The Balaban J connectivity index is 2.08. The first-order chi connectivity index (χ1) is 9.20. The smallest absolute Gasteiger partial charge is 0.291 e. The van der Waals surface area contributed by atoms with Crippen LogP contribution in [0.4, 0.5) is 5.69 Å². The number of benzene rings is 1. The highest BCUT2D eigenvalue weighted by Crippen LogP contribution is 2.13. The van der Waals surface area contributed by atoms with Crippen LogP contribution in [0.5, 0.6) is 0 Å². The monoisotopic (exact) mass is 255 g/mol. The molecule has 96 valence electrons. The molecule has 0 aliphatic carbocycles. The Hall–Kier alpha value is -2.51. The predicted octanol–water partition coefficient (Wildman–Crippen LogP) is 2.18. The molecule has 1 aromatic carbocycles. The maximum absolute atomic E-state index is 11.9. The van der Waals surface area contributed by atoms with Gasteiger partial charge in [-0.25, -0.2) is 0 Å². The summed E-state index contributed by atoms with van der Waals surface area (Å²) in [6, 6.07) is 8.78. The standard InChI is InChI=1S/C15H13NO3/c1-11-8-10-19-14(11)15(18)16-13-6-4-12(5-7-13)3-2-9-17/h4-8,10,17H,9H2,1H3,(H,16,18). The number of carbonyl (C=O) groups is 1. The lowest BCUT2D eigenvalue weighted by atomic mass is 10.2. The molecular formula is C15H13NO3. The van der Waals surface area contributed by atoms with E-state index >= 15 is 0 Å². The first-order valence-corrected chi connectivity index (χ1v) is 5.76. The van der Waals surface area contributed by atoms with Gasteiger partial charge in [0, 0.05) is 16.8 Å². The van der Waals surface area contributed by atoms with Crippen molar-refractivity contribution in [2.24, 2.45) is 0 Å². The molecule has 2 N–H and O–H groups in total. The van der Waals surface area contributed by atoms with Crippen LogP contribution in [0.2, 0.25) is 0 Å². The molecule has 0 aliphatic heterocycles. The van der Waals surface area contributed by atoms with E-state index in [9.17, 15) is 4.79 Å². The molecule has 0 atom stereocenters. The van der Waals surface area contributed by atoms with Crippen molar-refractivity contribution >= 4 is 11.6 Å². The molecule has 0 aliphatic rings. The number of rotatable bonds is 2. The highest BCUT2D eigenvalue weighted by molar-refractivity contribution is 6.03. The second-order valence-electron chi connectivity index (χ2n) is 3.92. The van der Waals surface area contributed by atoms with Crippen LogP contribution in [-0.4, -0.2) is 17.6 Å². The molecule has 1 amide bonds. The Morgan fingerprint density at radius 1 is 1.32 bits per heavy atom. The third kappa shape index (κ3) is 3.24. The summed E-state index contributed by atoms with van der Waals surface area (Å²) in [7, 11) is 0. The van der Waals surface area contributed by atoms with Gasteiger partial charge in [0.2, 0.25) is 0 Å². The zero-order valence-corrected chi connectivity index (χ0v) is 10.4. The van der Waals surface area contributed by atoms with Crippen LogP contribution in [-0.2, 0) is 0 Å². The Morgan fingerprint density at radius 3 is 2.63 bits per heavy atom. The largest absolute Gasteiger partial charge is 0.459 e. The van der Waals surface area contributed by atoms with Crippen molar-refractivity contribution < 1.29 is 14.3 Å². The molecule has 4 nitrogen and oxygen atoms in total. The van der Waals surface area contributed by atoms with Crippen molar-refractivity contribution in [2.75, 3.05) is 11.9 Å². The average Bonchev–Trinajstić information content (AvgIpc) is 2.84. The van der Waals surface area contributed by atoms with E-state index in [1.165, 1.54) is 6.26 Å². The van der Waals surface area contributed by atoms with Gasteiger partial charge in [0.05, 0.1) is 6.26 Å². The molecule has 2 rings (SSSR count). The maximum atomic E-state index is 11.9. The summed E-state index contributed by atoms with van der Waals surface area (Å²) in [5.74, 6) is 5.37. The van der Waals surface area contributed by atoms with Crippen molar-refractivity contribution in [1.29, 1.82) is 0 Å².